The smallest absolute Gasteiger partial charge is 0.331 e. The number of carboxylic acid groups (broad SMARTS) is 1. The van der Waals surface area contributed by atoms with Crippen molar-refractivity contribution in [3.05, 3.63) is 11.8 Å². The number of carbonyl (C=O) groups excluding carboxylic acids is 1. The molecule has 0 saturated carbocycles. The summed E-state index contributed by atoms with van der Waals surface area (Å²) in [4.78, 5) is 22.9. The Hall–Kier alpha value is -1.36. The number of carbonyl (C=O) groups is 2. The van der Waals surface area contributed by atoms with Gasteiger partial charge >= 0.3 is 11.9 Å². The van der Waals surface area contributed by atoms with Crippen LogP contribution in [0.1, 0.15) is 110 Å². The molecule has 1 unspecified atom stereocenters. The molecule has 0 bridgehead atoms. The van der Waals surface area contributed by atoms with Crippen LogP contribution in [0.2, 0.25) is 0 Å². The number of unbranched alkanes of at least 4 members (excludes halogenated alkanes) is 10. The van der Waals surface area contributed by atoms with Gasteiger partial charge in [-0.3, -0.25) is 4.79 Å². The van der Waals surface area contributed by atoms with Crippen molar-refractivity contribution in [2.45, 2.75) is 116 Å². The molecule has 1 atom stereocenters. The number of hydrogen-bond acceptors (Lipinski definition) is 4. The van der Waals surface area contributed by atoms with Crippen molar-refractivity contribution in [1.29, 1.82) is 0 Å². The van der Waals surface area contributed by atoms with Crippen LogP contribution >= 0.6 is 0 Å². The highest BCUT2D eigenvalue weighted by atomic mass is 16.5. The summed E-state index contributed by atoms with van der Waals surface area (Å²) in [5.74, 6) is -1.47. The number of hydrogen-bond donors (Lipinski definition) is 2. The minimum Gasteiger partial charge on any atom is -0.478 e. The maximum Gasteiger partial charge on any atom is 0.331 e. The number of aliphatic hydroxyl groups excluding tert-OH is 1. The molecule has 158 valence electrons. The van der Waals surface area contributed by atoms with Crippen LogP contribution in [0.3, 0.4) is 0 Å². The summed E-state index contributed by atoms with van der Waals surface area (Å²) >= 11 is 0. The van der Waals surface area contributed by atoms with E-state index in [4.69, 9.17) is 9.84 Å². The number of esters is 1. The van der Waals surface area contributed by atoms with Crippen molar-refractivity contribution < 1.29 is 24.5 Å². The molecule has 0 aromatic heterocycles. The zero-order chi connectivity index (χ0) is 20.3. The van der Waals surface area contributed by atoms with E-state index in [1.165, 1.54) is 38.5 Å². The number of ether oxygens (including phenoxy) is 1. The maximum atomic E-state index is 12.0. The van der Waals surface area contributed by atoms with Crippen molar-refractivity contribution in [2.24, 2.45) is 0 Å². The van der Waals surface area contributed by atoms with Crippen LogP contribution in [-0.4, -0.2) is 28.3 Å². The molecule has 0 fully saturated rings. The summed E-state index contributed by atoms with van der Waals surface area (Å²) < 4.78 is 5.20. The second-order valence-electron chi connectivity index (χ2n) is 7.36. The maximum absolute atomic E-state index is 12.0. The average molecular weight is 385 g/mol. The second-order valence-corrected chi connectivity index (χ2v) is 7.36. The Balaban J connectivity index is 4.09. The number of carboxylic acids is 1. The fourth-order valence-corrected chi connectivity index (χ4v) is 3.01. The van der Waals surface area contributed by atoms with E-state index in [-0.39, 0.29) is 12.2 Å². The lowest BCUT2D eigenvalue weighted by atomic mass is 10.1. The van der Waals surface area contributed by atoms with E-state index in [1.54, 1.807) is 0 Å². The molecule has 0 spiro atoms. The van der Waals surface area contributed by atoms with E-state index in [0.717, 1.165) is 44.6 Å². The Morgan fingerprint density at radius 2 is 1.37 bits per heavy atom. The van der Waals surface area contributed by atoms with Crippen LogP contribution in [-0.2, 0) is 14.3 Å². The van der Waals surface area contributed by atoms with Crippen LogP contribution < -0.4 is 0 Å². The van der Waals surface area contributed by atoms with Gasteiger partial charge in [0.1, 0.15) is 5.76 Å². The van der Waals surface area contributed by atoms with Crippen LogP contribution in [0, 0.1) is 0 Å². The van der Waals surface area contributed by atoms with E-state index in [9.17, 15) is 14.7 Å². The third kappa shape index (κ3) is 17.8. The van der Waals surface area contributed by atoms with Crippen molar-refractivity contribution in [3.8, 4) is 0 Å². The number of aliphatic hydroxyl groups is 1. The highest BCUT2D eigenvalue weighted by Crippen LogP contribution is 2.16. The van der Waals surface area contributed by atoms with Crippen molar-refractivity contribution >= 4 is 11.9 Å². The van der Waals surface area contributed by atoms with Gasteiger partial charge in [-0.15, -0.1) is 0 Å². The molecule has 5 heteroatoms. The third-order valence-electron chi connectivity index (χ3n) is 4.60. The van der Waals surface area contributed by atoms with Crippen LogP contribution in [0.5, 0.6) is 0 Å². The van der Waals surface area contributed by atoms with Gasteiger partial charge in [-0.25, -0.2) is 4.79 Å². The molecule has 2 N–H and O–H groups in total. The van der Waals surface area contributed by atoms with Gasteiger partial charge in [-0.2, -0.15) is 0 Å². The first-order chi connectivity index (χ1) is 13.0. The first-order valence-electron chi connectivity index (χ1n) is 10.8. The van der Waals surface area contributed by atoms with Gasteiger partial charge < -0.3 is 14.9 Å². The standard InChI is InChI=1S/C22H40O5/c1-3-5-7-9-10-12-14-16-20(18-21(24)25)27-22(26)17-19(23)15-13-11-8-6-4-2/h18-19,23H,3-17H2,1-2H3,(H,24,25). The second kappa shape index (κ2) is 18.0. The van der Waals surface area contributed by atoms with Crippen molar-refractivity contribution in [2.75, 3.05) is 0 Å². The summed E-state index contributed by atoms with van der Waals surface area (Å²) in [7, 11) is 0. The first-order valence-corrected chi connectivity index (χ1v) is 10.8. The zero-order valence-electron chi connectivity index (χ0n) is 17.4. The molecule has 0 aromatic rings. The van der Waals surface area contributed by atoms with E-state index >= 15 is 0 Å². The van der Waals surface area contributed by atoms with Crippen LogP contribution in [0.15, 0.2) is 11.8 Å². The Morgan fingerprint density at radius 3 is 1.93 bits per heavy atom. The summed E-state index contributed by atoms with van der Waals surface area (Å²) in [5, 5.41) is 18.9. The minimum absolute atomic E-state index is 0.0816. The number of allylic oxidation sites excluding steroid dienone is 1. The zero-order valence-corrected chi connectivity index (χ0v) is 17.4. The van der Waals surface area contributed by atoms with Crippen molar-refractivity contribution in [1.82, 2.24) is 0 Å². The molecular weight excluding hydrogens is 344 g/mol. The van der Waals surface area contributed by atoms with Gasteiger partial charge in [-0.05, 0) is 12.8 Å². The van der Waals surface area contributed by atoms with Gasteiger partial charge in [-0.1, -0.05) is 84.5 Å². The Morgan fingerprint density at radius 1 is 0.852 bits per heavy atom. The van der Waals surface area contributed by atoms with Gasteiger partial charge in [0, 0.05) is 6.42 Å². The van der Waals surface area contributed by atoms with E-state index in [1.807, 2.05) is 0 Å². The highest BCUT2D eigenvalue weighted by Gasteiger charge is 2.14. The fourth-order valence-electron chi connectivity index (χ4n) is 3.01. The monoisotopic (exact) mass is 384 g/mol. The minimum atomic E-state index is -1.11. The Bertz CT molecular complexity index is 417. The molecule has 0 heterocycles. The SMILES string of the molecule is CCCCCCCCCC(=CC(=O)O)OC(=O)CC(O)CCCCCCC. The molecule has 0 aliphatic carbocycles. The summed E-state index contributed by atoms with van der Waals surface area (Å²) in [5.41, 5.74) is 0. The van der Waals surface area contributed by atoms with Gasteiger partial charge in [0.2, 0.25) is 0 Å². The van der Waals surface area contributed by atoms with Crippen LogP contribution in [0.4, 0.5) is 0 Å². The van der Waals surface area contributed by atoms with Gasteiger partial charge in [0.15, 0.2) is 0 Å². The predicted molar refractivity (Wildman–Crippen MR) is 108 cm³/mol. The lowest BCUT2D eigenvalue weighted by molar-refractivity contribution is -0.142. The molecule has 0 radical (unpaired) electrons. The van der Waals surface area contributed by atoms with Crippen molar-refractivity contribution in [3.63, 3.8) is 0 Å². The van der Waals surface area contributed by atoms with E-state index in [2.05, 4.69) is 13.8 Å². The molecule has 0 rings (SSSR count). The van der Waals surface area contributed by atoms with Crippen LogP contribution in [0.25, 0.3) is 0 Å². The van der Waals surface area contributed by atoms with Gasteiger partial charge in [0.05, 0.1) is 18.6 Å². The fraction of sp³-hybridized carbons (Fsp3) is 0.818. The third-order valence-corrected chi connectivity index (χ3v) is 4.60. The Kier molecular flexibility index (Phi) is 17.1. The normalized spacial score (nSPS) is 12.8. The molecule has 0 amide bonds. The van der Waals surface area contributed by atoms with E-state index < -0.39 is 18.0 Å². The molecule has 0 aliphatic rings. The highest BCUT2D eigenvalue weighted by molar-refractivity contribution is 5.81. The molecule has 5 nitrogen and oxygen atoms in total. The molecule has 27 heavy (non-hydrogen) atoms. The molecule has 0 aromatic carbocycles. The largest absolute Gasteiger partial charge is 0.478 e. The molecule has 0 aliphatic heterocycles. The number of aliphatic carboxylic acids is 1. The molecular formula is C22H40O5. The summed E-state index contributed by atoms with van der Waals surface area (Å²) in [6.07, 6.45) is 14.5. The average Bonchev–Trinajstić information content (AvgIpc) is 2.60. The van der Waals surface area contributed by atoms with E-state index in [0.29, 0.717) is 12.8 Å². The lowest BCUT2D eigenvalue weighted by Crippen LogP contribution is -2.16. The quantitative estimate of drug-likeness (QED) is 0.136. The topological polar surface area (TPSA) is 83.8 Å². The van der Waals surface area contributed by atoms with Gasteiger partial charge in [0.25, 0.3) is 0 Å². The molecule has 0 saturated heterocycles. The first kappa shape index (κ1) is 25.6. The summed E-state index contributed by atoms with van der Waals surface area (Å²) in [6.45, 7) is 4.33. The summed E-state index contributed by atoms with van der Waals surface area (Å²) in [6, 6.07) is 0. The predicted octanol–water partition coefficient (Wildman–Crippen LogP) is 5.75. The lowest BCUT2D eigenvalue weighted by Gasteiger charge is -2.12. The number of rotatable bonds is 18. The Labute approximate surface area is 165 Å².